The molecule has 29 heavy (non-hydrogen) atoms. The minimum absolute atomic E-state index is 0.420. The highest BCUT2D eigenvalue weighted by atomic mass is 35.5. The molecule has 0 fully saturated rings. The molecule has 0 spiro atoms. The Balaban J connectivity index is 1.78. The Morgan fingerprint density at radius 2 is 1.10 bits per heavy atom. The van der Waals surface area contributed by atoms with Crippen molar-refractivity contribution >= 4 is 11.6 Å². The Hall–Kier alpha value is -2.94. The normalized spacial score (nSPS) is 14.0. The molecule has 0 atom stereocenters. The van der Waals surface area contributed by atoms with Crippen molar-refractivity contribution in [3.05, 3.63) is 136 Å². The summed E-state index contributed by atoms with van der Waals surface area (Å²) >= 11 is 6.21. The van der Waals surface area contributed by atoms with E-state index in [0.29, 0.717) is 5.15 Å². The molecule has 1 aromatic heterocycles. The summed E-state index contributed by atoms with van der Waals surface area (Å²) in [6, 6.07) is 36.3. The molecule has 0 saturated carbocycles. The molecule has 0 N–H and O–H groups in total. The molecule has 0 aliphatic carbocycles. The lowest BCUT2D eigenvalue weighted by molar-refractivity contribution is 0.156. The molecule has 142 valence electrons. The molecular weight excluding hydrogens is 376 g/mol. The van der Waals surface area contributed by atoms with Crippen LogP contribution in [0.5, 0.6) is 0 Å². The molecule has 2 heterocycles. The van der Waals surface area contributed by atoms with Crippen LogP contribution in [-0.2, 0) is 18.6 Å². The van der Waals surface area contributed by atoms with Crippen LogP contribution in [0.4, 0.5) is 0 Å². The maximum atomic E-state index is 6.21. The molecule has 1 aliphatic heterocycles. The Kier molecular flexibility index (Phi) is 4.67. The minimum Gasteiger partial charge on any atom is -0.276 e. The van der Waals surface area contributed by atoms with Gasteiger partial charge in [-0.15, -0.1) is 0 Å². The summed E-state index contributed by atoms with van der Waals surface area (Å²) in [7, 11) is 0. The fourth-order valence-electron chi connectivity index (χ4n) is 4.55. The van der Waals surface area contributed by atoms with E-state index < -0.39 is 5.54 Å². The van der Waals surface area contributed by atoms with Crippen molar-refractivity contribution in [3.63, 3.8) is 0 Å². The molecule has 4 aromatic rings. The monoisotopic (exact) mass is 396 g/mol. The van der Waals surface area contributed by atoms with Crippen molar-refractivity contribution in [2.75, 3.05) is 0 Å². The lowest BCUT2D eigenvalue weighted by atomic mass is 9.75. The number of rotatable bonds is 4. The third kappa shape index (κ3) is 3.05. The zero-order chi connectivity index (χ0) is 19.7. The van der Waals surface area contributed by atoms with Gasteiger partial charge in [0.1, 0.15) is 5.15 Å². The number of nitrogens with zero attached hydrogens (tertiary/aromatic N) is 2. The topological polar surface area (TPSA) is 16.1 Å². The van der Waals surface area contributed by atoms with Crippen molar-refractivity contribution in [1.82, 2.24) is 9.88 Å². The van der Waals surface area contributed by atoms with Crippen LogP contribution in [-0.4, -0.2) is 9.88 Å². The summed E-state index contributed by atoms with van der Waals surface area (Å²) in [6.07, 6.45) is 0. The zero-order valence-electron chi connectivity index (χ0n) is 16.0. The smallest absolute Gasteiger partial charge is 0.129 e. The van der Waals surface area contributed by atoms with Crippen molar-refractivity contribution in [1.29, 1.82) is 0 Å². The van der Waals surface area contributed by atoms with Gasteiger partial charge in [0.2, 0.25) is 0 Å². The van der Waals surface area contributed by atoms with Gasteiger partial charge in [-0.05, 0) is 28.3 Å². The average Bonchev–Trinajstić information content (AvgIpc) is 3.20. The standard InChI is InChI=1S/C26H21ClN2/c27-25-17-16-20-18-29(19-24(20)28-25)26(21-10-4-1-5-11-21,22-12-6-2-7-13-22)23-14-8-3-9-15-23/h1-17H,18-19H2. The molecule has 3 heteroatoms. The number of hydrogen-bond donors (Lipinski definition) is 0. The van der Waals surface area contributed by atoms with Gasteiger partial charge in [-0.3, -0.25) is 4.90 Å². The van der Waals surface area contributed by atoms with Crippen LogP contribution in [0, 0.1) is 0 Å². The van der Waals surface area contributed by atoms with E-state index in [1.807, 2.05) is 6.07 Å². The first-order valence-electron chi connectivity index (χ1n) is 9.84. The summed E-state index contributed by atoms with van der Waals surface area (Å²) < 4.78 is 0. The summed E-state index contributed by atoms with van der Waals surface area (Å²) in [4.78, 5) is 7.14. The minimum atomic E-state index is -0.420. The molecule has 0 unspecified atom stereocenters. The Morgan fingerprint density at radius 1 is 0.621 bits per heavy atom. The Bertz CT molecular complexity index is 1010. The van der Waals surface area contributed by atoms with Gasteiger partial charge in [0, 0.05) is 13.1 Å². The van der Waals surface area contributed by atoms with E-state index >= 15 is 0 Å². The van der Waals surface area contributed by atoms with Gasteiger partial charge >= 0.3 is 0 Å². The summed E-state index contributed by atoms with van der Waals surface area (Å²) in [5.41, 5.74) is 5.62. The molecule has 1 aliphatic rings. The number of pyridine rings is 1. The second-order valence-corrected chi connectivity index (χ2v) is 7.79. The van der Waals surface area contributed by atoms with Gasteiger partial charge in [0.05, 0.1) is 11.2 Å². The summed E-state index contributed by atoms with van der Waals surface area (Å²) in [5, 5.41) is 0.551. The number of hydrogen-bond acceptors (Lipinski definition) is 2. The van der Waals surface area contributed by atoms with Crippen LogP contribution in [0.2, 0.25) is 5.15 Å². The van der Waals surface area contributed by atoms with Gasteiger partial charge in [-0.1, -0.05) is 109 Å². The maximum absolute atomic E-state index is 6.21. The molecule has 0 bridgehead atoms. The third-order valence-corrected chi connectivity index (χ3v) is 6.00. The molecule has 5 rings (SSSR count). The fraction of sp³-hybridized carbons (Fsp3) is 0.115. The summed E-state index contributed by atoms with van der Waals surface area (Å²) in [5.74, 6) is 0. The Morgan fingerprint density at radius 3 is 1.59 bits per heavy atom. The van der Waals surface area contributed by atoms with Crippen LogP contribution in [0.25, 0.3) is 0 Å². The number of halogens is 1. The molecule has 0 amide bonds. The van der Waals surface area contributed by atoms with Crippen molar-refractivity contribution < 1.29 is 0 Å². The van der Waals surface area contributed by atoms with Crippen LogP contribution in [0.15, 0.2) is 103 Å². The van der Waals surface area contributed by atoms with E-state index in [0.717, 1.165) is 18.8 Å². The highest BCUT2D eigenvalue weighted by Gasteiger charge is 2.44. The third-order valence-electron chi connectivity index (χ3n) is 5.79. The van der Waals surface area contributed by atoms with Gasteiger partial charge in [-0.25, -0.2) is 4.98 Å². The van der Waals surface area contributed by atoms with Gasteiger partial charge in [0.15, 0.2) is 0 Å². The van der Waals surface area contributed by atoms with Crippen molar-refractivity contribution in [3.8, 4) is 0 Å². The second kappa shape index (κ2) is 7.47. The van der Waals surface area contributed by atoms with E-state index in [1.54, 1.807) is 0 Å². The van der Waals surface area contributed by atoms with Gasteiger partial charge in [0.25, 0.3) is 0 Å². The summed E-state index contributed by atoms with van der Waals surface area (Å²) in [6.45, 7) is 1.56. The molecule has 3 aromatic carbocycles. The Labute approximate surface area is 176 Å². The van der Waals surface area contributed by atoms with Crippen molar-refractivity contribution in [2.24, 2.45) is 0 Å². The second-order valence-electron chi connectivity index (χ2n) is 7.40. The highest BCUT2D eigenvalue weighted by molar-refractivity contribution is 6.29. The molecule has 2 nitrogen and oxygen atoms in total. The predicted octanol–water partition coefficient (Wildman–Crippen LogP) is 6.04. The highest BCUT2D eigenvalue weighted by Crippen LogP contribution is 2.45. The number of fused-ring (bicyclic) bond motifs is 1. The SMILES string of the molecule is Clc1ccc2c(n1)CN(C(c1ccccc1)(c1ccccc1)c1ccccc1)C2. The first-order valence-corrected chi connectivity index (χ1v) is 10.2. The maximum Gasteiger partial charge on any atom is 0.129 e. The zero-order valence-corrected chi connectivity index (χ0v) is 16.8. The number of aromatic nitrogens is 1. The average molecular weight is 397 g/mol. The predicted molar refractivity (Wildman–Crippen MR) is 118 cm³/mol. The van der Waals surface area contributed by atoms with E-state index in [1.165, 1.54) is 22.3 Å². The van der Waals surface area contributed by atoms with Crippen molar-refractivity contribution in [2.45, 2.75) is 18.6 Å². The van der Waals surface area contributed by atoms with E-state index in [-0.39, 0.29) is 0 Å². The first kappa shape index (κ1) is 18.1. The van der Waals surface area contributed by atoms with Crippen LogP contribution < -0.4 is 0 Å². The first-order chi connectivity index (χ1) is 14.3. The van der Waals surface area contributed by atoms with E-state index in [9.17, 15) is 0 Å². The molecule has 0 saturated heterocycles. The van der Waals surface area contributed by atoms with E-state index in [4.69, 9.17) is 11.6 Å². The van der Waals surface area contributed by atoms with Crippen LogP contribution in [0.3, 0.4) is 0 Å². The fourth-order valence-corrected chi connectivity index (χ4v) is 4.71. The lowest BCUT2D eigenvalue weighted by Gasteiger charge is -2.43. The van der Waals surface area contributed by atoms with Crippen LogP contribution >= 0.6 is 11.6 Å². The lowest BCUT2D eigenvalue weighted by Crippen LogP contribution is -2.45. The van der Waals surface area contributed by atoms with E-state index in [2.05, 4.69) is 107 Å². The number of benzene rings is 3. The van der Waals surface area contributed by atoms with Crippen LogP contribution in [0.1, 0.15) is 27.9 Å². The largest absolute Gasteiger partial charge is 0.276 e. The molecule has 0 radical (unpaired) electrons. The quantitative estimate of drug-likeness (QED) is 0.308. The van der Waals surface area contributed by atoms with Gasteiger partial charge in [-0.2, -0.15) is 0 Å². The van der Waals surface area contributed by atoms with Gasteiger partial charge < -0.3 is 0 Å². The molecular formula is C26H21ClN2.